The van der Waals surface area contributed by atoms with Crippen molar-refractivity contribution in [1.29, 1.82) is 0 Å². The van der Waals surface area contributed by atoms with Crippen LogP contribution in [0, 0.1) is 5.82 Å². The Labute approximate surface area is 115 Å². The molecule has 0 saturated heterocycles. The summed E-state index contributed by atoms with van der Waals surface area (Å²) in [6.45, 7) is 7.40. The predicted molar refractivity (Wildman–Crippen MR) is 75.0 cm³/mol. The van der Waals surface area contributed by atoms with Crippen LogP contribution in [0.15, 0.2) is 18.2 Å². The van der Waals surface area contributed by atoms with Crippen LogP contribution in [0.4, 0.5) is 4.39 Å². The summed E-state index contributed by atoms with van der Waals surface area (Å²) in [5, 5.41) is 3.16. The second-order valence-corrected chi connectivity index (χ2v) is 4.39. The normalized spacial score (nSPS) is 10.7. The Morgan fingerprint density at radius 2 is 1.95 bits per heavy atom. The van der Waals surface area contributed by atoms with Crippen LogP contribution in [-0.4, -0.2) is 26.4 Å². The molecule has 1 rings (SSSR count). The van der Waals surface area contributed by atoms with E-state index in [-0.39, 0.29) is 5.82 Å². The van der Waals surface area contributed by atoms with E-state index in [4.69, 9.17) is 9.47 Å². The Balaban J connectivity index is 2.34. The van der Waals surface area contributed by atoms with Crippen molar-refractivity contribution in [2.45, 2.75) is 33.2 Å². The van der Waals surface area contributed by atoms with Crippen molar-refractivity contribution in [3.05, 3.63) is 29.6 Å². The second kappa shape index (κ2) is 9.75. The Morgan fingerprint density at radius 3 is 2.68 bits per heavy atom. The number of rotatable bonds is 10. The minimum Gasteiger partial charge on any atom is -0.491 e. The van der Waals surface area contributed by atoms with Gasteiger partial charge in [0.2, 0.25) is 0 Å². The van der Waals surface area contributed by atoms with Gasteiger partial charge in [-0.05, 0) is 30.7 Å². The maximum absolute atomic E-state index is 13.4. The Morgan fingerprint density at radius 1 is 1.11 bits per heavy atom. The van der Waals surface area contributed by atoms with Gasteiger partial charge in [-0.25, -0.2) is 4.39 Å². The highest BCUT2D eigenvalue weighted by molar-refractivity contribution is 5.29. The van der Waals surface area contributed by atoms with E-state index < -0.39 is 0 Å². The highest BCUT2D eigenvalue weighted by atomic mass is 19.1. The first-order valence-corrected chi connectivity index (χ1v) is 6.97. The zero-order valence-corrected chi connectivity index (χ0v) is 11.9. The van der Waals surface area contributed by atoms with Gasteiger partial charge in [-0.1, -0.05) is 20.3 Å². The lowest BCUT2D eigenvalue weighted by molar-refractivity contribution is 0.0979. The molecule has 1 N–H and O–H groups in total. The molecular formula is C15H24FNO2. The van der Waals surface area contributed by atoms with Crippen LogP contribution in [0.5, 0.6) is 5.75 Å². The summed E-state index contributed by atoms with van der Waals surface area (Å²) in [5.74, 6) is 0.296. The lowest BCUT2D eigenvalue weighted by Crippen LogP contribution is -2.12. The number of ether oxygens (including phenoxy) is 2. The molecular weight excluding hydrogens is 245 g/mol. The SMILES string of the molecule is CCCCOCCOc1cc(F)cc(CNCC)c1. The zero-order valence-electron chi connectivity index (χ0n) is 11.9. The van der Waals surface area contributed by atoms with E-state index in [9.17, 15) is 4.39 Å². The average Bonchev–Trinajstić information content (AvgIpc) is 2.40. The molecule has 3 nitrogen and oxygen atoms in total. The summed E-state index contributed by atoms with van der Waals surface area (Å²) in [4.78, 5) is 0. The highest BCUT2D eigenvalue weighted by Gasteiger charge is 2.02. The zero-order chi connectivity index (χ0) is 13.9. The molecule has 0 unspecified atom stereocenters. The van der Waals surface area contributed by atoms with E-state index >= 15 is 0 Å². The summed E-state index contributed by atoms with van der Waals surface area (Å²) in [6.07, 6.45) is 2.19. The molecule has 19 heavy (non-hydrogen) atoms. The van der Waals surface area contributed by atoms with Gasteiger partial charge in [0.25, 0.3) is 0 Å². The fraction of sp³-hybridized carbons (Fsp3) is 0.600. The third-order valence-electron chi connectivity index (χ3n) is 2.65. The molecule has 1 aromatic carbocycles. The van der Waals surface area contributed by atoms with E-state index in [0.717, 1.165) is 31.6 Å². The maximum Gasteiger partial charge on any atom is 0.127 e. The van der Waals surface area contributed by atoms with Crippen LogP contribution in [0.1, 0.15) is 32.3 Å². The molecule has 4 heteroatoms. The first-order chi connectivity index (χ1) is 9.26. The number of hydrogen-bond acceptors (Lipinski definition) is 3. The molecule has 0 atom stereocenters. The summed E-state index contributed by atoms with van der Waals surface area (Å²) in [6, 6.07) is 4.78. The average molecular weight is 269 g/mol. The lowest BCUT2D eigenvalue weighted by atomic mass is 10.2. The van der Waals surface area contributed by atoms with Gasteiger partial charge >= 0.3 is 0 Å². The number of halogens is 1. The van der Waals surface area contributed by atoms with E-state index in [2.05, 4.69) is 12.2 Å². The van der Waals surface area contributed by atoms with Crippen molar-refractivity contribution in [1.82, 2.24) is 5.32 Å². The Bertz CT molecular complexity index is 358. The standard InChI is InChI=1S/C15H24FNO2/c1-3-5-6-18-7-8-19-15-10-13(12-17-4-2)9-14(16)11-15/h9-11,17H,3-8,12H2,1-2H3. The molecule has 0 bridgehead atoms. The molecule has 0 aromatic heterocycles. The predicted octanol–water partition coefficient (Wildman–Crippen LogP) is 3.13. The van der Waals surface area contributed by atoms with Crippen molar-refractivity contribution in [2.24, 2.45) is 0 Å². The van der Waals surface area contributed by atoms with Gasteiger partial charge in [0.1, 0.15) is 18.2 Å². The minimum atomic E-state index is -0.266. The molecule has 0 heterocycles. The van der Waals surface area contributed by atoms with Crippen LogP contribution in [0.2, 0.25) is 0 Å². The van der Waals surface area contributed by atoms with Crippen LogP contribution in [0.3, 0.4) is 0 Å². The molecule has 1 aromatic rings. The Kier molecular flexibility index (Phi) is 8.18. The van der Waals surface area contributed by atoms with Gasteiger partial charge in [0.15, 0.2) is 0 Å². The lowest BCUT2D eigenvalue weighted by Gasteiger charge is -2.09. The summed E-state index contributed by atoms with van der Waals surface area (Å²) in [5.41, 5.74) is 0.892. The summed E-state index contributed by atoms with van der Waals surface area (Å²) >= 11 is 0. The van der Waals surface area contributed by atoms with Crippen molar-refractivity contribution in [2.75, 3.05) is 26.4 Å². The minimum absolute atomic E-state index is 0.266. The third kappa shape index (κ3) is 7.13. The van der Waals surface area contributed by atoms with E-state index in [1.54, 1.807) is 0 Å². The van der Waals surface area contributed by atoms with Gasteiger partial charge in [-0.2, -0.15) is 0 Å². The van der Waals surface area contributed by atoms with Gasteiger partial charge in [0.05, 0.1) is 6.61 Å². The van der Waals surface area contributed by atoms with E-state index in [1.807, 2.05) is 13.0 Å². The molecule has 0 spiro atoms. The smallest absolute Gasteiger partial charge is 0.127 e. The second-order valence-electron chi connectivity index (χ2n) is 4.39. The van der Waals surface area contributed by atoms with Crippen molar-refractivity contribution < 1.29 is 13.9 Å². The van der Waals surface area contributed by atoms with Crippen LogP contribution in [-0.2, 0) is 11.3 Å². The number of unbranched alkanes of at least 4 members (excludes halogenated alkanes) is 1. The van der Waals surface area contributed by atoms with Gasteiger partial charge in [-0.3, -0.25) is 0 Å². The molecule has 108 valence electrons. The molecule has 0 aliphatic heterocycles. The molecule has 0 aliphatic rings. The number of benzene rings is 1. The van der Waals surface area contributed by atoms with Gasteiger partial charge in [-0.15, -0.1) is 0 Å². The van der Waals surface area contributed by atoms with Crippen molar-refractivity contribution in [3.63, 3.8) is 0 Å². The third-order valence-corrected chi connectivity index (χ3v) is 2.65. The summed E-state index contributed by atoms with van der Waals surface area (Å²) in [7, 11) is 0. The molecule has 0 saturated carbocycles. The van der Waals surface area contributed by atoms with E-state index in [0.29, 0.717) is 25.5 Å². The molecule has 0 aliphatic carbocycles. The van der Waals surface area contributed by atoms with Crippen molar-refractivity contribution >= 4 is 0 Å². The quantitative estimate of drug-likeness (QED) is 0.662. The maximum atomic E-state index is 13.4. The van der Waals surface area contributed by atoms with Crippen LogP contribution < -0.4 is 10.1 Å². The van der Waals surface area contributed by atoms with Gasteiger partial charge < -0.3 is 14.8 Å². The number of nitrogens with one attached hydrogen (secondary N) is 1. The van der Waals surface area contributed by atoms with Crippen LogP contribution in [0.25, 0.3) is 0 Å². The summed E-state index contributed by atoms with van der Waals surface area (Å²) < 4.78 is 24.3. The molecule has 0 radical (unpaired) electrons. The Hall–Kier alpha value is -1.13. The molecule has 0 fully saturated rings. The van der Waals surface area contributed by atoms with E-state index in [1.165, 1.54) is 12.1 Å². The fourth-order valence-corrected chi connectivity index (χ4v) is 1.64. The topological polar surface area (TPSA) is 30.5 Å². The monoisotopic (exact) mass is 269 g/mol. The van der Waals surface area contributed by atoms with Crippen molar-refractivity contribution in [3.8, 4) is 5.75 Å². The largest absolute Gasteiger partial charge is 0.491 e. The first-order valence-electron chi connectivity index (χ1n) is 6.97. The van der Waals surface area contributed by atoms with Crippen LogP contribution >= 0.6 is 0 Å². The first kappa shape index (κ1) is 15.9. The fourth-order valence-electron chi connectivity index (χ4n) is 1.64. The number of hydrogen-bond donors (Lipinski definition) is 1. The van der Waals surface area contributed by atoms with Gasteiger partial charge in [0, 0.05) is 19.2 Å². The highest BCUT2D eigenvalue weighted by Crippen LogP contribution is 2.16. The molecule has 0 amide bonds.